The van der Waals surface area contributed by atoms with E-state index in [1.54, 1.807) is 0 Å². The summed E-state index contributed by atoms with van der Waals surface area (Å²) in [5.41, 5.74) is 1.15. The van der Waals surface area contributed by atoms with Crippen molar-refractivity contribution in [3.63, 3.8) is 0 Å². The van der Waals surface area contributed by atoms with Gasteiger partial charge in [-0.1, -0.05) is 65.5 Å². The van der Waals surface area contributed by atoms with Gasteiger partial charge in [-0.05, 0) is 97.7 Å². The molecule has 0 bridgehead atoms. The van der Waals surface area contributed by atoms with E-state index < -0.39 is 36.1 Å². The van der Waals surface area contributed by atoms with Crippen LogP contribution in [0.2, 0.25) is 0 Å². The second-order valence-electron chi connectivity index (χ2n) is 15.1. The minimum atomic E-state index is -1.44. The third-order valence-electron chi connectivity index (χ3n) is 12.5. The first-order valence-electron chi connectivity index (χ1n) is 16.3. The Kier molecular flexibility index (Phi) is 9.45. The molecule has 0 radical (unpaired) electrons. The Labute approximate surface area is 247 Å². The maximum absolute atomic E-state index is 10.8. The Morgan fingerprint density at radius 1 is 0.975 bits per heavy atom. The predicted molar refractivity (Wildman–Crippen MR) is 160 cm³/mol. The van der Waals surface area contributed by atoms with Gasteiger partial charge in [0.2, 0.25) is 0 Å². The number of fused-ring (bicyclic) bond motifs is 5. The van der Waals surface area contributed by atoms with Crippen LogP contribution in [0, 0.1) is 46.3 Å². The lowest BCUT2D eigenvalue weighted by molar-refractivity contribution is -0.277. The van der Waals surface area contributed by atoms with E-state index in [9.17, 15) is 20.4 Å². The lowest BCUT2D eigenvalue weighted by atomic mass is 9.47. The zero-order valence-electron chi connectivity index (χ0n) is 25.4. The minimum Gasteiger partial charge on any atom is -0.387 e. The molecule has 3 saturated carbocycles. The Morgan fingerprint density at radius 2 is 1.73 bits per heavy atom. The van der Waals surface area contributed by atoms with E-state index in [1.807, 2.05) is 0 Å². The predicted octanol–water partition coefficient (Wildman–Crippen LogP) is 5.47. The standard InChI is InChI=1S/C33H56O6S/c1-18(2)7-6-8-19(3)23-11-12-24-22-10-9-20-17-21(13-15-32(20,4)25(22)14-16-33(23,24)5)38-30(37)29-27(35)26(34)28(36)31(40)39-29/h9,18-19,21-31,34-37,40H,6-8,10-17H2,1-5H3/t19-,21?,22+,23-,24+,25+,26+,27-,28-,29+,30?,31?,32+,33-/m1/s1. The molecule has 0 spiro atoms. The molecular formula is C33H56O6S. The van der Waals surface area contributed by atoms with Crippen LogP contribution in [0.1, 0.15) is 105 Å². The van der Waals surface area contributed by atoms with Crippen LogP contribution in [0.15, 0.2) is 11.6 Å². The van der Waals surface area contributed by atoms with Gasteiger partial charge < -0.3 is 29.9 Å². The zero-order valence-corrected chi connectivity index (χ0v) is 26.3. The van der Waals surface area contributed by atoms with E-state index in [4.69, 9.17) is 9.47 Å². The van der Waals surface area contributed by atoms with Gasteiger partial charge >= 0.3 is 0 Å². The van der Waals surface area contributed by atoms with Crippen molar-refractivity contribution in [2.45, 2.75) is 147 Å². The van der Waals surface area contributed by atoms with E-state index in [2.05, 4.69) is 53.3 Å². The monoisotopic (exact) mass is 580 g/mol. The minimum absolute atomic E-state index is 0.166. The highest BCUT2D eigenvalue weighted by molar-refractivity contribution is 7.80. The van der Waals surface area contributed by atoms with Gasteiger partial charge in [0.05, 0.1) is 6.10 Å². The second kappa shape index (κ2) is 12.1. The van der Waals surface area contributed by atoms with Gasteiger partial charge in [-0.2, -0.15) is 0 Å². The van der Waals surface area contributed by atoms with Gasteiger partial charge in [0.1, 0.15) is 29.9 Å². The molecular weight excluding hydrogens is 524 g/mol. The van der Waals surface area contributed by atoms with Gasteiger partial charge in [-0.25, -0.2) is 0 Å². The van der Waals surface area contributed by atoms with E-state index in [-0.39, 0.29) is 11.5 Å². The topological polar surface area (TPSA) is 99.4 Å². The lowest BCUT2D eigenvalue weighted by Gasteiger charge is -2.58. The smallest absolute Gasteiger partial charge is 0.184 e. The fourth-order valence-electron chi connectivity index (χ4n) is 10.2. The fourth-order valence-corrected chi connectivity index (χ4v) is 10.5. The number of aliphatic hydroxyl groups is 4. The molecule has 0 aromatic rings. The van der Waals surface area contributed by atoms with Crippen molar-refractivity contribution in [1.29, 1.82) is 0 Å². The highest BCUT2D eigenvalue weighted by Crippen LogP contribution is 2.67. The molecule has 4 aliphatic carbocycles. The van der Waals surface area contributed by atoms with Crippen LogP contribution in [0.3, 0.4) is 0 Å². The van der Waals surface area contributed by atoms with E-state index in [0.717, 1.165) is 61.2 Å². The fraction of sp³-hybridized carbons (Fsp3) is 0.939. The SMILES string of the molecule is CC(C)CCC[C@@H](C)[C@H]1CC[C@H]2[C@@H]3CC=C4CC(OC(O)[C@H]5OC(S)[C@H](O)[C@@H](O)[C@H]5O)CC[C@]4(C)[C@H]3CC[C@]12C. The molecule has 4 fully saturated rings. The van der Waals surface area contributed by atoms with Crippen LogP contribution in [0.25, 0.3) is 0 Å². The van der Waals surface area contributed by atoms with E-state index in [1.165, 1.54) is 50.5 Å². The van der Waals surface area contributed by atoms with Crippen molar-refractivity contribution < 1.29 is 29.9 Å². The second-order valence-corrected chi connectivity index (χ2v) is 15.7. The van der Waals surface area contributed by atoms with Crippen LogP contribution in [0.5, 0.6) is 0 Å². The molecule has 0 amide bonds. The van der Waals surface area contributed by atoms with Crippen molar-refractivity contribution in [2.24, 2.45) is 46.3 Å². The number of thiol groups is 1. The van der Waals surface area contributed by atoms with Crippen molar-refractivity contribution in [3.05, 3.63) is 11.6 Å². The Morgan fingerprint density at radius 3 is 2.45 bits per heavy atom. The van der Waals surface area contributed by atoms with Crippen molar-refractivity contribution in [2.75, 3.05) is 0 Å². The lowest BCUT2D eigenvalue weighted by Crippen LogP contribution is -2.60. The van der Waals surface area contributed by atoms with Crippen molar-refractivity contribution in [1.82, 2.24) is 0 Å². The van der Waals surface area contributed by atoms with Crippen LogP contribution in [-0.4, -0.2) is 62.7 Å². The van der Waals surface area contributed by atoms with Gasteiger partial charge in [-0.15, -0.1) is 12.6 Å². The Bertz CT molecular complexity index is 911. The average molecular weight is 581 g/mol. The first-order valence-corrected chi connectivity index (χ1v) is 16.8. The number of hydrogen-bond donors (Lipinski definition) is 5. The first kappa shape index (κ1) is 31.3. The number of hydrogen-bond acceptors (Lipinski definition) is 7. The first-order chi connectivity index (χ1) is 18.9. The summed E-state index contributed by atoms with van der Waals surface area (Å²) in [5.74, 6) is 4.81. The molecule has 7 heteroatoms. The highest BCUT2D eigenvalue weighted by atomic mass is 32.1. The molecule has 3 unspecified atom stereocenters. The largest absolute Gasteiger partial charge is 0.387 e. The molecule has 1 aliphatic heterocycles. The van der Waals surface area contributed by atoms with E-state index >= 15 is 0 Å². The molecule has 5 rings (SSSR count). The molecule has 0 aromatic carbocycles. The summed E-state index contributed by atoms with van der Waals surface area (Å²) in [7, 11) is 0. The van der Waals surface area contributed by atoms with Crippen LogP contribution in [0.4, 0.5) is 0 Å². The number of rotatable bonds is 8. The van der Waals surface area contributed by atoms with Crippen LogP contribution >= 0.6 is 12.6 Å². The van der Waals surface area contributed by atoms with Crippen LogP contribution in [-0.2, 0) is 9.47 Å². The summed E-state index contributed by atoms with van der Waals surface area (Å²) in [5, 5.41) is 41.2. The Hall–Kier alpha value is -0.150. The maximum atomic E-state index is 10.8. The molecule has 4 N–H and O–H groups in total. The highest BCUT2D eigenvalue weighted by Gasteiger charge is 2.59. The third-order valence-corrected chi connectivity index (χ3v) is 12.9. The molecule has 230 valence electrons. The molecule has 1 heterocycles. The van der Waals surface area contributed by atoms with Gasteiger partial charge in [-0.3, -0.25) is 0 Å². The number of ether oxygens (including phenoxy) is 2. The summed E-state index contributed by atoms with van der Waals surface area (Å²) in [4.78, 5) is 0. The normalized spacial score (nSPS) is 48.6. The van der Waals surface area contributed by atoms with Gasteiger partial charge in [0.15, 0.2) is 6.29 Å². The maximum Gasteiger partial charge on any atom is 0.184 e. The van der Waals surface area contributed by atoms with Crippen molar-refractivity contribution in [3.8, 4) is 0 Å². The van der Waals surface area contributed by atoms with Crippen molar-refractivity contribution >= 4 is 12.6 Å². The molecule has 14 atom stereocenters. The number of aliphatic hydroxyl groups excluding tert-OH is 4. The van der Waals surface area contributed by atoms with Crippen LogP contribution < -0.4 is 0 Å². The summed E-state index contributed by atoms with van der Waals surface area (Å²) in [6.07, 6.45) is 9.01. The molecule has 0 aromatic heterocycles. The summed E-state index contributed by atoms with van der Waals surface area (Å²) in [6.45, 7) is 12.4. The van der Waals surface area contributed by atoms with Gasteiger partial charge in [0, 0.05) is 0 Å². The average Bonchev–Trinajstić information content (AvgIpc) is 3.26. The zero-order chi connectivity index (χ0) is 29.0. The van der Waals surface area contributed by atoms with E-state index in [0.29, 0.717) is 5.41 Å². The molecule has 1 saturated heterocycles. The summed E-state index contributed by atoms with van der Waals surface area (Å²) >= 11 is 4.14. The molecule has 5 aliphatic rings. The Balaban J connectivity index is 1.22. The van der Waals surface area contributed by atoms with Gasteiger partial charge in [0.25, 0.3) is 0 Å². The summed E-state index contributed by atoms with van der Waals surface area (Å²) < 4.78 is 11.5. The number of allylic oxidation sites excluding steroid dienone is 1. The molecule has 40 heavy (non-hydrogen) atoms. The quantitative estimate of drug-likeness (QED) is 0.148. The molecule has 6 nitrogen and oxygen atoms in total. The summed E-state index contributed by atoms with van der Waals surface area (Å²) in [6, 6.07) is 0. The third kappa shape index (κ3) is 5.59.